The largest absolute Gasteiger partial charge is 0.396 e. The highest BCUT2D eigenvalue weighted by Crippen LogP contribution is 2.20. The number of halogens is 1. The Balaban J connectivity index is 2.15. The summed E-state index contributed by atoms with van der Waals surface area (Å²) < 4.78 is 2.12. The van der Waals surface area contributed by atoms with Crippen molar-refractivity contribution >= 4 is 22.6 Å². The third kappa shape index (κ3) is 2.79. The molecule has 0 fully saturated rings. The Hall–Kier alpha value is -1.06. The number of rotatable bonds is 5. The molecule has 2 aromatic rings. The van der Waals surface area contributed by atoms with Gasteiger partial charge >= 0.3 is 0 Å². The van der Waals surface area contributed by atoms with Gasteiger partial charge in [-0.2, -0.15) is 0 Å². The number of benzene rings is 1. The predicted octanol–water partition coefficient (Wildman–Crippen LogP) is 2.93. The number of aliphatic hydroxyl groups is 1. The molecule has 0 aliphatic carbocycles. The summed E-state index contributed by atoms with van der Waals surface area (Å²) in [4.78, 5) is 4.59. The molecule has 1 aromatic heterocycles. The molecule has 0 saturated heterocycles. The van der Waals surface area contributed by atoms with Crippen molar-refractivity contribution in [3.8, 4) is 0 Å². The van der Waals surface area contributed by atoms with Crippen LogP contribution in [0, 0.1) is 0 Å². The number of aryl methyl sites for hydroxylation is 2. The number of nitrogens with zero attached hydrogens (tertiary/aromatic N) is 2. The number of unbranched alkanes of at least 4 members (excludes halogenated alkanes) is 2. The van der Waals surface area contributed by atoms with Gasteiger partial charge in [-0.15, -0.1) is 0 Å². The van der Waals surface area contributed by atoms with E-state index in [2.05, 4.69) is 9.55 Å². The summed E-state index contributed by atoms with van der Waals surface area (Å²) in [6.07, 6.45) is 3.92. The first-order chi connectivity index (χ1) is 8.22. The van der Waals surface area contributed by atoms with E-state index in [4.69, 9.17) is 16.7 Å². The Morgan fingerprint density at radius 2 is 2.12 bits per heavy atom. The van der Waals surface area contributed by atoms with Crippen LogP contribution in [0.3, 0.4) is 0 Å². The van der Waals surface area contributed by atoms with Crippen LogP contribution in [0.5, 0.6) is 0 Å². The second kappa shape index (κ2) is 5.52. The predicted molar refractivity (Wildman–Crippen MR) is 70.4 cm³/mol. The van der Waals surface area contributed by atoms with Crippen LogP contribution in [0.2, 0.25) is 5.02 Å². The summed E-state index contributed by atoms with van der Waals surface area (Å²) in [6, 6.07) is 5.79. The minimum absolute atomic E-state index is 0.276. The van der Waals surface area contributed by atoms with Crippen LogP contribution in [0.25, 0.3) is 11.0 Å². The minimum Gasteiger partial charge on any atom is -0.396 e. The molecular weight excluding hydrogens is 236 g/mol. The number of hydrogen-bond donors (Lipinski definition) is 1. The average Bonchev–Trinajstić information content (AvgIpc) is 2.61. The van der Waals surface area contributed by atoms with Gasteiger partial charge in [-0.1, -0.05) is 18.0 Å². The van der Waals surface area contributed by atoms with Crippen LogP contribution in [0.1, 0.15) is 25.1 Å². The van der Waals surface area contributed by atoms with E-state index in [0.717, 1.165) is 47.6 Å². The van der Waals surface area contributed by atoms with Gasteiger partial charge in [-0.3, -0.25) is 0 Å². The summed E-state index contributed by atoms with van der Waals surface area (Å²) in [5.41, 5.74) is 2.07. The second-order valence-electron chi connectivity index (χ2n) is 4.25. The third-order valence-corrected chi connectivity index (χ3v) is 3.23. The Morgan fingerprint density at radius 1 is 1.29 bits per heavy atom. The minimum atomic E-state index is 0.276. The van der Waals surface area contributed by atoms with Crippen molar-refractivity contribution in [2.45, 2.75) is 25.7 Å². The molecule has 0 saturated carbocycles. The molecular formula is C13H17ClN2O. The molecule has 0 atom stereocenters. The Morgan fingerprint density at radius 3 is 2.88 bits per heavy atom. The summed E-state index contributed by atoms with van der Waals surface area (Å²) in [7, 11) is 2.03. The molecule has 1 N–H and O–H groups in total. The van der Waals surface area contributed by atoms with Crippen LogP contribution in [0.15, 0.2) is 18.2 Å². The van der Waals surface area contributed by atoms with E-state index in [1.165, 1.54) is 0 Å². The summed E-state index contributed by atoms with van der Waals surface area (Å²) >= 11 is 5.95. The van der Waals surface area contributed by atoms with Crippen molar-refractivity contribution in [3.05, 3.63) is 29.0 Å². The fourth-order valence-electron chi connectivity index (χ4n) is 2.02. The molecule has 0 amide bonds. The quantitative estimate of drug-likeness (QED) is 0.831. The van der Waals surface area contributed by atoms with Crippen LogP contribution < -0.4 is 0 Å². The second-order valence-corrected chi connectivity index (χ2v) is 4.69. The zero-order valence-electron chi connectivity index (χ0n) is 9.99. The van der Waals surface area contributed by atoms with Gasteiger partial charge in [-0.25, -0.2) is 4.98 Å². The number of aromatic nitrogens is 2. The first-order valence-corrected chi connectivity index (χ1v) is 6.32. The summed E-state index contributed by atoms with van der Waals surface area (Å²) in [5.74, 6) is 1.08. The fraction of sp³-hybridized carbons (Fsp3) is 0.462. The first-order valence-electron chi connectivity index (χ1n) is 5.94. The van der Waals surface area contributed by atoms with Crippen molar-refractivity contribution < 1.29 is 5.11 Å². The molecule has 0 aliphatic rings. The van der Waals surface area contributed by atoms with Crippen molar-refractivity contribution in [2.24, 2.45) is 7.05 Å². The number of imidazole rings is 1. The van der Waals surface area contributed by atoms with Crippen LogP contribution >= 0.6 is 11.6 Å². The van der Waals surface area contributed by atoms with Gasteiger partial charge in [0.15, 0.2) is 0 Å². The number of hydrogen-bond acceptors (Lipinski definition) is 2. The number of aliphatic hydroxyl groups excluding tert-OH is 1. The van der Waals surface area contributed by atoms with Gasteiger partial charge in [0, 0.05) is 25.1 Å². The summed E-state index contributed by atoms with van der Waals surface area (Å²) in [5, 5.41) is 9.45. The van der Waals surface area contributed by atoms with E-state index in [9.17, 15) is 0 Å². The third-order valence-electron chi connectivity index (χ3n) is 2.99. The Bertz CT molecular complexity index is 507. The zero-order chi connectivity index (χ0) is 12.3. The van der Waals surface area contributed by atoms with Gasteiger partial charge in [0.25, 0.3) is 0 Å². The fourth-order valence-corrected chi connectivity index (χ4v) is 2.18. The monoisotopic (exact) mass is 252 g/mol. The van der Waals surface area contributed by atoms with E-state index in [-0.39, 0.29) is 6.61 Å². The molecule has 0 aliphatic heterocycles. The Kier molecular flexibility index (Phi) is 4.02. The van der Waals surface area contributed by atoms with E-state index in [1.54, 1.807) is 0 Å². The molecule has 0 unspecified atom stereocenters. The molecule has 17 heavy (non-hydrogen) atoms. The van der Waals surface area contributed by atoms with Crippen LogP contribution in [-0.4, -0.2) is 21.3 Å². The van der Waals surface area contributed by atoms with Crippen molar-refractivity contribution in [1.29, 1.82) is 0 Å². The van der Waals surface area contributed by atoms with E-state index in [1.807, 2.05) is 25.2 Å². The highest BCUT2D eigenvalue weighted by Gasteiger charge is 2.07. The highest BCUT2D eigenvalue weighted by molar-refractivity contribution is 6.31. The molecule has 0 bridgehead atoms. The smallest absolute Gasteiger partial charge is 0.109 e. The topological polar surface area (TPSA) is 38.0 Å². The highest BCUT2D eigenvalue weighted by atomic mass is 35.5. The average molecular weight is 253 g/mol. The lowest BCUT2D eigenvalue weighted by Crippen LogP contribution is -1.98. The van der Waals surface area contributed by atoms with Gasteiger partial charge in [0.2, 0.25) is 0 Å². The maximum Gasteiger partial charge on any atom is 0.109 e. The molecule has 2 rings (SSSR count). The first kappa shape index (κ1) is 12.4. The SMILES string of the molecule is Cn1c(CCCCCO)nc2cc(Cl)ccc21. The van der Waals surface area contributed by atoms with Crippen molar-refractivity contribution in [1.82, 2.24) is 9.55 Å². The lowest BCUT2D eigenvalue weighted by molar-refractivity contribution is 0.283. The van der Waals surface area contributed by atoms with Crippen LogP contribution in [0.4, 0.5) is 0 Å². The molecule has 4 heteroatoms. The molecule has 1 heterocycles. The maximum absolute atomic E-state index is 8.73. The van der Waals surface area contributed by atoms with E-state index in [0.29, 0.717) is 0 Å². The number of fused-ring (bicyclic) bond motifs is 1. The lowest BCUT2D eigenvalue weighted by Gasteiger charge is -2.01. The molecule has 1 aromatic carbocycles. The van der Waals surface area contributed by atoms with Crippen LogP contribution in [-0.2, 0) is 13.5 Å². The zero-order valence-corrected chi connectivity index (χ0v) is 10.7. The van der Waals surface area contributed by atoms with E-state index >= 15 is 0 Å². The van der Waals surface area contributed by atoms with Gasteiger partial charge in [0.1, 0.15) is 5.82 Å². The van der Waals surface area contributed by atoms with Crippen molar-refractivity contribution in [3.63, 3.8) is 0 Å². The summed E-state index contributed by atoms with van der Waals surface area (Å²) in [6.45, 7) is 0.276. The van der Waals surface area contributed by atoms with E-state index < -0.39 is 0 Å². The molecule has 0 spiro atoms. The molecule has 0 radical (unpaired) electrons. The standard InChI is InChI=1S/C13H17ClN2O/c1-16-12-7-6-10(14)9-11(12)15-13(16)5-3-2-4-8-17/h6-7,9,17H,2-5,8H2,1H3. The van der Waals surface area contributed by atoms with Crippen molar-refractivity contribution in [2.75, 3.05) is 6.61 Å². The lowest BCUT2D eigenvalue weighted by atomic mass is 10.2. The van der Waals surface area contributed by atoms with Gasteiger partial charge in [-0.05, 0) is 31.0 Å². The van der Waals surface area contributed by atoms with Gasteiger partial charge < -0.3 is 9.67 Å². The Labute approximate surface area is 106 Å². The maximum atomic E-state index is 8.73. The van der Waals surface area contributed by atoms with Gasteiger partial charge in [0.05, 0.1) is 11.0 Å². The molecule has 92 valence electrons. The normalized spacial score (nSPS) is 11.2. The molecule has 3 nitrogen and oxygen atoms in total.